The van der Waals surface area contributed by atoms with Gasteiger partial charge in [-0.2, -0.15) is 0 Å². The number of halogens is 1. The molecule has 0 heterocycles. The van der Waals surface area contributed by atoms with Gasteiger partial charge in [-0.3, -0.25) is 4.79 Å². The Morgan fingerprint density at radius 1 is 1.50 bits per heavy atom. The fourth-order valence-electron chi connectivity index (χ4n) is 1.13. The molecular weight excluding hydrogens is 155 g/mol. The third kappa shape index (κ3) is 1.70. The molecule has 0 aromatic heterocycles. The molecule has 0 saturated carbocycles. The van der Waals surface area contributed by atoms with Gasteiger partial charge >= 0.3 is 0 Å². The lowest BCUT2D eigenvalue weighted by atomic mass is 10.0. The molecule has 1 rings (SSSR count). The van der Waals surface area contributed by atoms with Crippen molar-refractivity contribution in [2.75, 3.05) is 0 Å². The molecule has 0 bridgehead atoms. The average Bonchev–Trinajstić information content (AvgIpc) is 2.03. The van der Waals surface area contributed by atoms with Crippen LogP contribution in [0.5, 0.6) is 0 Å². The van der Waals surface area contributed by atoms with Gasteiger partial charge in [0, 0.05) is 12.0 Å². The van der Waals surface area contributed by atoms with Crippen molar-refractivity contribution in [3.8, 4) is 0 Å². The molecule has 0 N–H and O–H groups in total. The van der Waals surface area contributed by atoms with Crippen molar-refractivity contribution < 1.29 is 9.18 Å². The van der Waals surface area contributed by atoms with Crippen LogP contribution in [0, 0.1) is 12.7 Å². The third-order valence-corrected chi connectivity index (χ3v) is 1.81. The molecule has 1 aromatic carbocycles. The van der Waals surface area contributed by atoms with Gasteiger partial charge in [-0.15, -0.1) is 0 Å². The molecule has 0 atom stereocenters. The molecule has 12 heavy (non-hydrogen) atoms. The van der Waals surface area contributed by atoms with Crippen molar-refractivity contribution in [2.45, 2.75) is 20.3 Å². The van der Waals surface area contributed by atoms with Gasteiger partial charge in [0.2, 0.25) is 0 Å². The Bertz CT molecular complexity index is 305. The first kappa shape index (κ1) is 8.91. The fraction of sp³-hybridized carbons (Fsp3) is 0.300. The lowest BCUT2D eigenvalue weighted by molar-refractivity contribution is 0.0987. The van der Waals surface area contributed by atoms with Crippen molar-refractivity contribution in [3.63, 3.8) is 0 Å². The third-order valence-electron chi connectivity index (χ3n) is 1.81. The van der Waals surface area contributed by atoms with Crippen LogP contribution >= 0.6 is 0 Å². The van der Waals surface area contributed by atoms with E-state index in [2.05, 4.69) is 0 Å². The Labute approximate surface area is 71.2 Å². The second kappa shape index (κ2) is 3.48. The first-order valence-corrected chi connectivity index (χ1v) is 3.94. The summed E-state index contributed by atoms with van der Waals surface area (Å²) in [5.74, 6) is -0.229. The van der Waals surface area contributed by atoms with Gasteiger partial charge in [-0.1, -0.05) is 6.92 Å². The van der Waals surface area contributed by atoms with Crippen molar-refractivity contribution in [1.82, 2.24) is 0 Å². The minimum Gasteiger partial charge on any atom is -0.294 e. The highest BCUT2D eigenvalue weighted by Crippen LogP contribution is 2.11. The minimum absolute atomic E-state index is 0.0625. The second-order valence-corrected chi connectivity index (χ2v) is 2.74. The summed E-state index contributed by atoms with van der Waals surface area (Å²) in [5.41, 5.74) is 1.33. The van der Waals surface area contributed by atoms with Crippen molar-refractivity contribution in [3.05, 3.63) is 35.1 Å². The van der Waals surface area contributed by atoms with Crippen molar-refractivity contribution >= 4 is 5.78 Å². The van der Waals surface area contributed by atoms with Crippen LogP contribution in [-0.4, -0.2) is 5.78 Å². The zero-order valence-corrected chi connectivity index (χ0v) is 7.23. The Kier molecular flexibility index (Phi) is 2.58. The summed E-state index contributed by atoms with van der Waals surface area (Å²) < 4.78 is 12.6. The maximum Gasteiger partial charge on any atom is 0.162 e. The van der Waals surface area contributed by atoms with Gasteiger partial charge in [0.1, 0.15) is 5.82 Å². The topological polar surface area (TPSA) is 17.1 Å². The van der Waals surface area contributed by atoms with E-state index in [0.29, 0.717) is 17.5 Å². The molecular formula is C10H11FO. The summed E-state index contributed by atoms with van der Waals surface area (Å²) >= 11 is 0. The SMILES string of the molecule is CCC(=O)c1ccc(F)cc1C. The van der Waals surface area contributed by atoms with E-state index >= 15 is 0 Å². The summed E-state index contributed by atoms with van der Waals surface area (Å²) in [6.45, 7) is 3.54. The molecule has 1 nitrogen and oxygen atoms in total. The van der Waals surface area contributed by atoms with Crippen molar-refractivity contribution in [2.24, 2.45) is 0 Å². The normalized spacial score (nSPS) is 9.92. The van der Waals surface area contributed by atoms with Crippen LogP contribution in [-0.2, 0) is 0 Å². The van der Waals surface area contributed by atoms with Gasteiger partial charge in [0.25, 0.3) is 0 Å². The summed E-state index contributed by atoms with van der Waals surface area (Å²) in [7, 11) is 0. The Hall–Kier alpha value is -1.18. The van der Waals surface area contributed by atoms with Crippen LogP contribution < -0.4 is 0 Å². The van der Waals surface area contributed by atoms with Crippen LogP contribution in [0.15, 0.2) is 18.2 Å². The number of ketones is 1. The number of hydrogen-bond acceptors (Lipinski definition) is 1. The van der Waals surface area contributed by atoms with Crippen LogP contribution in [0.1, 0.15) is 29.3 Å². The molecule has 0 fully saturated rings. The van der Waals surface area contributed by atoms with Gasteiger partial charge in [-0.25, -0.2) is 4.39 Å². The van der Waals surface area contributed by atoms with Crippen molar-refractivity contribution in [1.29, 1.82) is 0 Å². The maximum atomic E-state index is 12.6. The minimum atomic E-state index is -0.292. The monoisotopic (exact) mass is 166 g/mol. The molecule has 0 aliphatic heterocycles. The summed E-state index contributed by atoms with van der Waals surface area (Å²) in [6, 6.07) is 4.23. The van der Waals surface area contributed by atoms with Crippen LogP contribution in [0.2, 0.25) is 0 Å². The average molecular weight is 166 g/mol. The first-order valence-electron chi connectivity index (χ1n) is 3.94. The standard InChI is InChI=1S/C10H11FO/c1-3-10(12)9-5-4-8(11)6-7(9)2/h4-6H,3H2,1-2H3. The molecule has 0 unspecified atom stereocenters. The molecule has 1 aromatic rings. The van der Waals surface area contributed by atoms with E-state index < -0.39 is 0 Å². The molecule has 0 amide bonds. The Morgan fingerprint density at radius 3 is 2.67 bits per heavy atom. The lowest BCUT2D eigenvalue weighted by Gasteiger charge is -2.01. The highest BCUT2D eigenvalue weighted by molar-refractivity contribution is 5.97. The van der Waals surface area contributed by atoms with E-state index in [0.717, 1.165) is 0 Å². The van der Waals surface area contributed by atoms with E-state index in [9.17, 15) is 9.18 Å². The van der Waals surface area contributed by atoms with Gasteiger partial charge in [-0.05, 0) is 30.7 Å². The fourth-order valence-corrected chi connectivity index (χ4v) is 1.13. The molecule has 0 spiro atoms. The van der Waals surface area contributed by atoms with Crippen LogP contribution in [0.25, 0.3) is 0 Å². The summed E-state index contributed by atoms with van der Waals surface area (Å²) in [6.07, 6.45) is 0.465. The van der Waals surface area contributed by atoms with E-state index in [4.69, 9.17) is 0 Å². The molecule has 0 radical (unpaired) electrons. The Morgan fingerprint density at radius 2 is 2.17 bits per heavy atom. The van der Waals surface area contributed by atoms with E-state index in [1.54, 1.807) is 13.8 Å². The molecule has 64 valence electrons. The number of hydrogen-bond donors (Lipinski definition) is 0. The number of benzene rings is 1. The number of carbonyl (C=O) groups is 1. The number of rotatable bonds is 2. The quantitative estimate of drug-likeness (QED) is 0.617. The predicted molar refractivity (Wildman–Crippen MR) is 45.8 cm³/mol. The highest BCUT2D eigenvalue weighted by Gasteiger charge is 2.06. The number of carbonyl (C=O) groups excluding carboxylic acids is 1. The number of aryl methyl sites for hydroxylation is 1. The van der Waals surface area contributed by atoms with E-state index in [1.165, 1.54) is 18.2 Å². The van der Waals surface area contributed by atoms with Crippen LogP contribution in [0.3, 0.4) is 0 Å². The van der Waals surface area contributed by atoms with Gasteiger partial charge < -0.3 is 0 Å². The molecule has 0 aliphatic carbocycles. The molecule has 0 saturated heterocycles. The maximum absolute atomic E-state index is 12.6. The molecule has 0 aliphatic rings. The highest BCUT2D eigenvalue weighted by atomic mass is 19.1. The first-order chi connectivity index (χ1) is 5.65. The van der Waals surface area contributed by atoms with Gasteiger partial charge in [0.05, 0.1) is 0 Å². The zero-order valence-electron chi connectivity index (χ0n) is 7.23. The van der Waals surface area contributed by atoms with E-state index in [-0.39, 0.29) is 11.6 Å². The van der Waals surface area contributed by atoms with Gasteiger partial charge in [0.15, 0.2) is 5.78 Å². The zero-order chi connectivity index (χ0) is 9.14. The largest absolute Gasteiger partial charge is 0.294 e. The Balaban J connectivity index is 3.09. The lowest BCUT2D eigenvalue weighted by Crippen LogP contribution is -1.99. The summed E-state index contributed by atoms with van der Waals surface area (Å²) in [4.78, 5) is 11.2. The van der Waals surface area contributed by atoms with E-state index in [1.807, 2.05) is 0 Å². The smallest absolute Gasteiger partial charge is 0.162 e. The second-order valence-electron chi connectivity index (χ2n) is 2.74. The predicted octanol–water partition coefficient (Wildman–Crippen LogP) is 2.73. The molecule has 2 heteroatoms. The summed E-state index contributed by atoms with van der Waals surface area (Å²) in [5, 5.41) is 0. The van der Waals surface area contributed by atoms with Crippen LogP contribution in [0.4, 0.5) is 4.39 Å². The number of Topliss-reactive ketones (excluding diaryl/α,β-unsaturated/α-hetero) is 1.